The number of urea groups is 1. The van der Waals surface area contributed by atoms with Gasteiger partial charge < -0.3 is 25.2 Å². The molecule has 3 saturated heterocycles. The van der Waals surface area contributed by atoms with Crippen LogP contribution in [-0.4, -0.2) is 107 Å². The van der Waals surface area contributed by atoms with Crippen LogP contribution in [0.3, 0.4) is 0 Å². The van der Waals surface area contributed by atoms with Gasteiger partial charge in [-0.15, -0.1) is 0 Å². The first-order chi connectivity index (χ1) is 28.3. The molecule has 0 atom stereocenters. The summed E-state index contributed by atoms with van der Waals surface area (Å²) in [4.78, 5) is 47.4. The molecule has 3 N–H and O–H groups in total. The van der Waals surface area contributed by atoms with Crippen LogP contribution in [0.1, 0.15) is 24.8 Å². The standard InChI is InChI=1S/C43H46N12O3/c1-27-35(26-45-41-39(27)44-14-22-58-41)28-3-4-29-25-46-42(48-36(29)23-28)47-30-5-7-31(8-6-30)52-15-11-32(12-16-52)53-18-20-54(21-19-53)33-9-10-34-37(24-33)51(2)50-40(34)55-17-13-38(56)49-43(55)57/h3-10,23-26,32,44H,11-22H2,1-2H3,(H,46,47,48)(H,49,56,57). The van der Waals surface area contributed by atoms with Crippen molar-refractivity contribution in [2.45, 2.75) is 32.2 Å². The van der Waals surface area contributed by atoms with E-state index in [1.54, 1.807) is 4.90 Å². The van der Waals surface area contributed by atoms with Gasteiger partial charge >= 0.3 is 6.03 Å². The number of aromatic nitrogens is 5. The number of pyridine rings is 1. The molecule has 296 valence electrons. The number of amides is 3. The van der Waals surface area contributed by atoms with E-state index in [0.29, 0.717) is 36.8 Å². The van der Waals surface area contributed by atoms with E-state index in [4.69, 9.17) is 9.72 Å². The normalized spacial score (nSPS) is 17.9. The maximum absolute atomic E-state index is 12.5. The molecule has 3 aromatic heterocycles. The molecule has 3 aromatic carbocycles. The lowest BCUT2D eigenvalue weighted by Gasteiger charge is -2.43. The molecule has 4 aliphatic rings. The zero-order chi connectivity index (χ0) is 39.3. The van der Waals surface area contributed by atoms with E-state index in [-0.39, 0.29) is 12.3 Å². The number of nitrogens with zero attached hydrogens (tertiary/aromatic N) is 9. The zero-order valence-electron chi connectivity index (χ0n) is 32.7. The smallest absolute Gasteiger partial charge is 0.329 e. The summed E-state index contributed by atoms with van der Waals surface area (Å²) < 4.78 is 7.55. The number of anilines is 6. The summed E-state index contributed by atoms with van der Waals surface area (Å²) in [6.45, 7) is 9.85. The van der Waals surface area contributed by atoms with E-state index in [1.165, 1.54) is 5.69 Å². The van der Waals surface area contributed by atoms with Crippen molar-refractivity contribution in [3.63, 3.8) is 0 Å². The number of carbonyl (C=O) groups is 2. The van der Waals surface area contributed by atoms with Crippen LogP contribution in [-0.2, 0) is 11.8 Å². The number of ether oxygens (including phenoxy) is 1. The van der Waals surface area contributed by atoms with E-state index in [9.17, 15) is 9.59 Å². The minimum Gasteiger partial charge on any atom is -0.474 e. The van der Waals surface area contributed by atoms with Gasteiger partial charge in [-0.2, -0.15) is 5.10 Å². The van der Waals surface area contributed by atoms with Gasteiger partial charge in [-0.05, 0) is 79.4 Å². The van der Waals surface area contributed by atoms with Crippen molar-refractivity contribution in [3.05, 3.63) is 78.6 Å². The van der Waals surface area contributed by atoms with Gasteiger partial charge in [0.1, 0.15) is 12.3 Å². The van der Waals surface area contributed by atoms with E-state index in [2.05, 4.69) is 113 Å². The van der Waals surface area contributed by atoms with Gasteiger partial charge in [-0.3, -0.25) is 24.6 Å². The van der Waals surface area contributed by atoms with Crippen molar-refractivity contribution >= 4 is 68.3 Å². The Bertz CT molecular complexity index is 2540. The van der Waals surface area contributed by atoms with Gasteiger partial charge in [-0.25, -0.2) is 19.7 Å². The number of carbonyl (C=O) groups excluding carboxylic acids is 2. The Morgan fingerprint density at radius 3 is 2.45 bits per heavy atom. The maximum atomic E-state index is 12.5. The number of rotatable bonds is 7. The second kappa shape index (κ2) is 14.8. The first-order valence-electron chi connectivity index (χ1n) is 20.2. The molecular formula is C43H46N12O3. The molecule has 15 nitrogen and oxygen atoms in total. The van der Waals surface area contributed by atoms with Gasteiger partial charge in [0.05, 0.1) is 11.0 Å². The molecule has 7 heterocycles. The summed E-state index contributed by atoms with van der Waals surface area (Å²) in [5, 5.41) is 15.8. The van der Waals surface area contributed by atoms with Gasteiger partial charge in [0, 0.05) is 118 Å². The van der Waals surface area contributed by atoms with Crippen LogP contribution in [0.25, 0.3) is 32.9 Å². The van der Waals surface area contributed by atoms with Crippen molar-refractivity contribution in [1.29, 1.82) is 0 Å². The van der Waals surface area contributed by atoms with Gasteiger partial charge in [0.25, 0.3) is 0 Å². The third-order valence-corrected chi connectivity index (χ3v) is 12.1. The van der Waals surface area contributed by atoms with Crippen molar-refractivity contribution in [2.75, 3.05) is 84.3 Å². The summed E-state index contributed by atoms with van der Waals surface area (Å²) >= 11 is 0. The fourth-order valence-electron chi connectivity index (χ4n) is 8.87. The van der Waals surface area contributed by atoms with E-state index in [1.807, 2.05) is 24.1 Å². The largest absolute Gasteiger partial charge is 0.474 e. The summed E-state index contributed by atoms with van der Waals surface area (Å²) in [5.41, 5.74) is 9.34. The molecule has 0 bridgehead atoms. The second-order valence-electron chi connectivity index (χ2n) is 15.5. The predicted octanol–water partition coefficient (Wildman–Crippen LogP) is 5.67. The molecule has 0 aliphatic carbocycles. The molecule has 0 saturated carbocycles. The number of piperidine rings is 1. The molecule has 0 spiro atoms. The van der Waals surface area contributed by atoms with Crippen molar-refractivity contribution in [2.24, 2.45) is 7.05 Å². The monoisotopic (exact) mass is 778 g/mol. The average molecular weight is 779 g/mol. The third kappa shape index (κ3) is 6.74. The maximum Gasteiger partial charge on any atom is 0.329 e. The molecular weight excluding hydrogens is 733 g/mol. The van der Waals surface area contributed by atoms with Gasteiger partial charge in [-0.1, -0.05) is 12.1 Å². The highest BCUT2D eigenvalue weighted by Gasteiger charge is 2.30. The molecule has 6 aromatic rings. The molecule has 0 unspecified atom stereocenters. The molecule has 10 rings (SSSR count). The summed E-state index contributed by atoms with van der Waals surface area (Å²) in [7, 11) is 1.90. The zero-order valence-corrected chi connectivity index (χ0v) is 32.7. The van der Waals surface area contributed by atoms with Crippen LogP contribution < -0.4 is 35.4 Å². The van der Waals surface area contributed by atoms with Crippen molar-refractivity contribution in [3.8, 4) is 17.0 Å². The van der Waals surface area contributed by atoms with Gasteiger partial charge in [0.15, 0.2) is 5.82 Å². The number of piperazine rings is 1. The molecule has 4 aliphatic heterocycles. The lowest BCUT2D eigenvalue weighted by molar-refractivity contribution is -0.120. The highest BCUT2D eigenvalue weighted by atomic mass is 16.5. The summed E-state index contributed by atoms with van der Waals surface area (Å²) in [6, 6.07) is 21.4. The summed E-state index contributed by atoms with van der Waals surface area (Å²) in [5.74, 6) is 1.56. The Kier molecular flexibility index (Phi) is 9.16. The quantitative estimate of drug-likeness (QED) is 0.183. The lowest BCUT2D eigenvalue weighted by Crippen LogP contribution is -2.53. The fraction of sp³-hybridized carbons (Fsp3) is 0.349. The van der Waals surface area contributed by atoms with Crippen LogP contribution >= 0.6 is 0 Å². The number of hydrogen-bond donors (Lipinski definition) is 3. The number of benzene rings is 3. The Hall–Kier alpha value is -6.48. The number of aryl methyl sites for hydroxylation is 1. The second-order valence-corrected chi connectivity index (χ2v) is 15.5. The number of fused-ring (bicyclic) bond motifs is 3. The Balaban J connectivity index is 0.733. The third-order valence-electron chi connectivity index (χ3n) is 12.1. The van der Waals surface area contributed by atoms with Crippen LogP contribution in [0, 0.1) is 6.92 Å². The number of hydrogen-bond acceptors (Lipinski definition) is 12. The Labute approximate surface area is 336 Å². The molecule has 3 amide bonds. The van der Waals surface area contributed by atoms with Crippen molar-refractivity contribution in [1.82, 2.24) is 34.9 Å². The number of imide groups is 1. The van der Waals surface area contributed by atoms with E-state index in [0.717, 1.165) is 114 Å². The highest BCUT2D eigenvalue weighted by Crippen LogP contribution is 2.36. The lowest BCUT2D eigenvalue weighted by atomic mass is 10.00. The molecule has 3 fully saturated rings. The summed E-state index contributed by atoms with van der Waals surface area (Å²) in [6.07, 6.45) is 6.29. The van der Waals surface area contributed by atoms with Crippen LogP contribution in [0.5, 0.6) is 5.88 Å². The predicted molar refractivity (Wildman–Crippen MR) is 226 cm³/mol. The minimum absolute atomic E-state index is 0.249. The van der Waals surface area contributed by atoms with Gasteiger partial charge in [0.2, 0.25) is 17.7 Å². The topological polar surface area (TPSA) is 149 Å². The first kappa shape index (κ1) is 35.9. The molecule has 58 heavy (non-hydrogen) atoms. The molecule has 15 heteroatoms. The molecule has 0 radical (unpaired) electrons. The average Bonchev–Trinajstić information content (AvgIpc) is 3.59. The van der Waals surface area contributed by atoms with E-state index < -0.39 is 6.03 Å². The number of nitrogens with one attached hydrogen (secondary N) is 3. The van der Waals surface area contributed by atoms with Crippen LogP contribution in [0.15, 0.2) is 73.1 Å². The van der Waals surface area contributed by atoms with Crippen molar-refractivity contribution < 1.29 is 14.3 Å². The minimum atomic E-state index is -0.416. The van der Waals surface area contributed by atoms with E-state index >= 15 is 0 Å². The van der Waals surface area contributed by atoms with Crippen LogP contribution in [0.2, 0.25) is 0 Å². The Morgan fingerprint density at radius 1 is 0.845 bits per heavy atom. The highest BCUT2D eigenvalue weighted by molar-refractivity contribution is 6.09. The first-order valence-corrected chi connectivity index (χ1v) is 20.2. The fourth-order valence-corrected chi connectivity index (χ4v) is 8.87. The SMILES string of the molecule is Cc1c(-c2ccc3cnc(Nc4ccc(N5CCC(N6CCN(c7ccc8c(N9CCC(=O)NC9=O)nn(C)c8c7)CC6)CC5)cc4)nc3c2)cnc2c1NCCO2. The Morgan fingerprint density at radius 2 is 1.64 bits per heavy atom. The van der Waals surface area contributed by atoms with Crippen LogP contribution in [0.4, 0.5) is 39.3 Å².